The SMILES string of the molecule is C[C@H]1C[C@@H](N)CN(c2ccc(C(F)F)c3nccnc23)C1.C[C@H]1C[C@@H](NC(=O)CN2CCOCC2)CN(c2ccc(C(F)F)c3nccnc23)C1.O=C(O)CN1CCOCC1. The summed E-state index contributed by atoms with van der Waals surface area (Å²) in [4.78, 5) is 47.8. The number of hydrogen-bond acceptors (Lipinski definition) is 13. The summed E-state index contributed by atoms with van der Waals surface area (Å²) in [5.74, 6) is 0.0553. The van der Waals surface area contributed by atoms with Gasteiger partial charge in [0.2, 0.25) is 5.91 Å². The van der Waals surface area contributed by atoms with Crippen LogP contribution < -0.4 is 20.9 Å². The van der Waals surface area contributed by atoms with Crippen molar-refractivity contribution in [1.82, 2.24) is 35.1 Å². The number of morpholine rings is 2. The van der Waals surface area contributed by atoms with Gasteiger partial charge in [0.1, 0.15) is 11.0 Å². The summed E-state index contributed by atoms with van der Waals surface area (Å²) in [7, 11) is 0. The van der Waals surface area contributed by atoms with E-state index in [1.165, 1.54) is 36.9 Å². The number of piperidine rings is 2. The van der Waals surface area contributed by atoms with E-state index in [1.807, 2.05) is 4.90 Å². The highest BCUT2D eigenvalue weighted by Crippen LogP contribution is 2.35. The normalized spacial score (nSPS) is 22.7. The first-order valence-corrected chi connectivity index (χ1v) is 20.8. The first-order valence-electron chi connectivity index (χ1n) is 20.8. The molecule has 4 N–H and O–H groups in total. The van der Waals surface area contributed by atoms with Gasteiger partial charge < -0.3 is 35.4 Å². The number of rotatable bonds is 9. The zero-order valence-corrected chi connectivity index (χ0v) is 34.6. The zero-order valence-electron chi connectivity index (χ0n) is 34.6. The van der Waals surface area contributed by atoms with Crippen molar-refractivity contribution >= 4 is 45.3 Å². The van der Waals surface area contributed by atoms with Gasteiger partial charge in [0.15, 0.2) is 0 Å². The molecule has 0 spiro atoms. The highest BCUT2D eigenvalue weighted by atomic mass is 19.3. The maximum atomic E-state index is 13.4. The number of alkyl halides is 4. The van der Waals surface area contributed by atoms with Crippen LogP contribution in [0.1, 0.15) is 50.7 Å². The lowest BCUT2D eigenvalue weighted by Crippen LogP contribution is -2.53. The average molecular weight is 857 g/mol. The van der Waals surface area contributed by atoms with Gasteiger partial charge in [-0.3, -0.25) is 39.3 Å². The van der Waals surface area contributed by atoms with Crippen LogP contribution in [0, 0.1) is 11.8 Å². The van der Waals surface area contributed by atoms with Crippen LogP contribution in [-0.2, 0) is 19.1 Å². The highest BCUT2D eigenvalue weighted by molar-refractivity contribution is 5.91. The number of hydrogen-bond donors (Lipinski definition) is 3. The number of carbonyl (C=O) groups is 2. The average Bonchev–Trinajstić information content (AvgIpc) is 3.23. The largest absolute Gasteiger partial charge is 0.480 e. The number of ether oxygens (including phenoxy) is 2. The summed E-state index contributed by atoms with van der Waals surface area (Å²) in [5.41, 5.74) is 9.02. The predicted octanol–water partition coefficient (Wildman–Crippen LogP) is 4.37. The van der Waals surface area contributed by atoms with Crippen LogP contribution in [-0.4, -0.2) is 151 Å². The minimum atomic E-state index is -2.61. The summed E-state index contributed by atoms with van der Waals surface area (Å²) >= 11 is 0. The van der Waals surface area contributed by atoms with Crippen LogP contribution in [0.15, 0.2) is 49.1 Å². The second-order valence-corrected chi connectivity index (χ2v) is 16.1. The van der Waals surface area contributed by atoms with E-state index in [1.54, 1.807) is 12.1 Å². The van der Waals surface area contributed by atoms with Gasteiger partial charge in [0, 0.05) is 100 Å². The van der Waals surface area contributed by atoms with E-state index in [4.69, 9.17) is 20.3 Å². The van der Waals surface area contributed by atoms with Crippen LogP contribution in [0.5, 0.6) is 0 Å². The Balaban J connectivity index is 0.000000173. The van der Waals surface area contributed by atoms with Crippen LogP contribution in [0.2, 0.25) is 0 Å². The van der Waals surface area contributed by atoms with Gasteiger partial charge >= 0.3 is 5.97 Å². The number of aromatic nitrogens is 4. The van der Waals surface area contributed by atoms with Gasteiger partial charge in [-0.1, -0.05) is 13.8 Å². The molecule has 4 saturated heterocycles. The third-order valence-electron chi connectivity index (χ3n) is 11.1. The van der Waals surface area contributed by atoms with Crippen molar-refractivity contribution in [2.75, 3.05) is 102 Å². The number of nitrogens with two attached hydrogens (primary N) is 1. The third kappa shape index (κ3) is 12.6. The maximum absolute atomic E-state index is 13.4. The molecule has 332 valence electrons. The molecule has 2 aromatic heterocycles. The molecule has 4 aliphatic rings. The topological polar surface area (TPSA) is 175 Å². The Kier molecular flexibility index (Phi) is 16.3. The molecule has 0 bridgehead atoms. The van der Waals surface area contributed by atoms with E-state index in [-0.39, 0.29) is 46.7 Å². The second-order valence-electron chi connectivity index (χ2n) is 16.1. The number of benzene rings is 2. The number of carbonyl (C=O) groups excluding carboxylic acids is 1. The van der Waals surface area contributed by atoms with E-state index >= 15 is 0 Å². The molecule has 4 aliphatic heterocycles. The van der Waals surface area contributed by atoms with Crippen molar-refractivity contribution in [3.63, 3.8) is 0 Å². The minimum Gasteiger partial charge on any atom is -0.480 e. The third-order valence-corrected chi connectivity index (χ3v) is 11.1. The van der Waals surface area contributed by atoms with Crippen LogP contribution in [0.3, 0.4) is 0 Å². The first-order chi connectivity index (χ1) is 29.4. The van der Waals surface area contributed by atoms with Crippen molar-refractivity contribution in [2.24, 2.45) is 17.6 Å². The van der Waals surface area contributed by atoms with Crippen molar-refractivity contribution in [3.8, 4) is 0 Å². The van der Waals surface area contributed by atoms with Crippen molar-refractivity contribution in [3.05, 3.63) is 60.2 Å². The Labute approximate surface area is 352 Å². The van der Waals surface area contributed by atoms with E-state index in [0.717, 1.165) is 63.5 Å². The number of fused-ring (bicyclic) bond motifs is 2. The number of halogens is 4. The molecule has 4 aromatic rings. The molecule has 4 fully saturated rings. The molecular formula is C42H56F4N10O5. The summed E-state index contributed by atoms with van der Waals surface area (Å²) in [6.45, 7) is 13.4. The summed E-state index contributed by atoms with van der Waals surface area (Å²) in [6.07, 6.45) is 2.64. The fourth-order valence-electron chi connectivity index (χ4n) is 8.42. The Morgan fingerprint density at radius 2 is 1.13 bits per heavy atom. The van der Waals surface area contributed by atoms with Gasteiger partial charge in [0.05, 0.1) is 61.9 Å². The van der Waals surface area contributed by atoms with Crippen molar-refractivity contribution < 1.29 is 41.7 Å². The number of nitrogens with one attached hydrogen (secondary N) is 1. The first kappa shape index (κ1) is 45.7. The molecule has 4 atom stereocenters. The molecular weight excluding hydrogens is 801 g/mol. The Bertz CT molecular complexity index is 2050. The number of anilines is 2. The molecule has 61 heavy (non-hydrogen) atoms. The summed E-state index contributed by atoms with van der Waals surface area (Å²) in [5, 5.41) is 11.5. The number of aliphatic carboxylic acids is 1. The lowest BCUT2D eigenvalue weighted by molar-refractivity contribution is -0.139. The molecule has 1 amide bonds. The molecule has 2 aromatic carbocycles. The lowest BCUT2D eigenvalue weighted by Gasteiger charge is -2.39. The molecule has 0 unspecified atom stereocenters. The quantitative estimate of drug-likeness (QED) is 0.203. The molecule has 15 nitrogen and oxygen atoms in total. The highest BCUT2D eigenvalue weighted by Gasteiger charge is 2.29. The standard InChI is InChI=1S/C21H27F2N5O2.C15H18F2N4.C6H11NO3/c1-14-10-15(26-18(29)13-27-6-8-30-9-7-27)12-28(11-14)17-3-2-16(21(22)23)19-20(17)25-5-4-24-19;1-9-6-10(18)8-21(7-9)12-3-2-11(15(16)17)13-14(12)20-5-4-19-13;8-6(9)5-7-1-3-10-4-2-7/h2-5,14-15,21H,6-13H2,1H3,(H,26,29);2-5,9-10,15H,6-8,18H2,1H3;1-5H2,(H,8,9)/t14-,15+;9-,10+;/m00./s1. The lowest BCUT2D eigenvalue weighted by atomic mass is 9.95. The molecule has 0 saturated carbocycles. The maximum Gasteiger partial charge on any atom is 0.317 e. The monoisotopic (exact) mass is 856 g/mol. The van der Waals surface area contributed by atoms with E-state index in [0.29, 0.717) is 68.9 Å². The number of carboxylic acid groups (broad SMARTS) is 1. The van der Waals surface area contributed by atoms with Crippen LogP contribution in [0.4, 0.5) is 28.9 Å². The molecule has 6 heterocycles. The molecule has 19 heteroatoms. The van der Waals surface area contributed by atoms with E-state index in [9.17, 15) is 27.2 Å². The number of carboxylic acids is 1. The number of amides is 1. The molecule has 0 aliphatic carbocycles. The second kappa shape index (κ2) is 21.8. The summed E-state index contributed by atoms with van der Waals surface area (Å²) in [6, 6.07) is 6.37. The van der Waals surface area contributed by atoms with E-state index in [2.05, 4.69) is 53.8 Å². The van der Waals surface area contributed by atoms with Gasteiger partial charge in [-0.2, -0.15) is 0 Å². The Morgan fingerprint density at radius 3 is 1.59 bits per heavy atom. The zero-order chi connectivity index (χ0) is 43.5. The summed E-state index contributed by atoms with van der Waals surface area (Å²) < 4.78 is 63.3. The van der Waals surface area contributed by atoms with Crippen LogP contribution >= 0.6 is 0 Å². The van der Waals surface area contributed by atoms with Crippen molar-refractivity contribution in [1.29, 1.82) is 0 Å². The van der Waals surface area contributed by atoms with Gasteiger partial charge in [-0.25, -0.2) is 17.6 Å². The van der Waals surface area contributed by atoms with E-state index < -0.39 is 18.8 Å². The van der Waals surface area contributed by atoms with Crippen molar-refractivity contribution in [2.45, 2.75) is 51.6 Å². The Hall–Kier alpha value is -4.82. The fourth-order valence-corrected chi connectivity index (χ4v) is 8.42. The number of nitrogens with zero attached hydrogens (tertiary/aromatic N) is 8. The predicted molar refractivity (Wildman–Crippen MR) is 223 cm³/mol. The fraction of sp³-hybridized carbons (Fsp3) is 0.571. The molecule has 8 rings (SSSR count). The minimum absolute atomic E-state index is 0.00801. The van der Waals surface area contributed by atoms with Gasteiger partial charge in [-0.15, -0.1) is 0 Å². The van der Waals surface area contributed by atoms with Gasteiger partial charge in [-0.05, 0) is 48.9 Å². The smallest absolute Gasteiger partial charge is 0.317 e. The van der Waals surface area contributed by atoms with Crippen LogP contribution in [0.25, 0.3) is 22.1 Å². The van der Waals surface area contributed by atoms with Gasteiger partial charge in [0.25, 0.3) is 12.9 Å². The Morgan fingerprint density at radius 1 is 0.689 bits per heavy atom. The molecule has 0 radical (unpaired) electrons.